The Morgan fingerprint density at radius 1 is 1.24 bits per heavy atom. The van der Waals surface area contributed by atoms with Crippen molar-refractivity contribution in [2.24, 2.45) is 0 Å². The molecule has 3 aromatic heterocycles. The zero-order chi connectivity index (χ0) is 20.4. The molecule has 1 aliphatic rings. The molecule has 0 spiro atoms. The van der Waals surface area contributed by atoms with Crippen molar-refractivity contribution in [1.29, 1.82) is 0 Å². The van der Waals surface area contributed by atoms with E-state index in [1.807, 2.05) is 43.9 Å². The second kappa shape index (κ2) is 8.11. The summed E-state index contributed by atoms with van der Waals surface area (Å²) in [4.78, 5) is 28.7. The van der Waals surface area contributed by atoms with E-state index in [0.717, 1.165) is 59.8 Å². The summed E-state index contributed by atoms with van der Waals surface area (Å²) in [5.41, 5.74) is 4.30. The quantitative estimate of drug-likeness (QED) is 0.673. The molecule has 0 unspecified atom stereocenters. The summed E-state index contributed by atoms with van der Waals surface area (Å²) < 4.78 is 5.32. The lowest BCUT2D eigenvalue weighted by molar-refractivity contribution is -0.134. The van der Waals surface area contributed by atoms with Gasteiger partial charge < -0.3 is 9.42 Å². The van der Waals surface area contributed by atoms with Crippen LogP contribution >= 0.6 is 0 Å². The van der Waals surface area contributed by atoms with Crippen molar-refractivity contribution in [3.63, 3.8) is 0 Å². The zero-order valence-electron chi connectivity index (χ0n) is 17.1. The number of carbonyl (C=O) groups is 1. The van der Waals surface area contributed by atoms with E-state index >= 15 is 0 Å². The van der Waals surface area contributed by atoms with Gasteiger partial charge in [-0.15, -0.1) is 0 Å². The van der Waals surface area contributed by atoms with E-state index in [1.54, 1.807) is 12.4 Å². The molecule has 1 saturated heterocycles. The van der Waals surface area contributed by atoms with Crippen molar-refractivity contribution in [2.45, 2.75) is 52.5 Å². The topological polar surface area (TPSA) is 85.0 Å². The van der Waals surface area contributed by atoms with Gasteiger partial charge in [0.25, 0.3) is 0 Å². The molecule has 4 rings (SSSR count). The summed E-state index contributed by atoms with van der Waals surface area (Å²) in [7, 11) is 0. The van der Waals surface area contributed by atoms with Crippen LogP contribution in [-0.4, -0.2) is 37.5 Å². The Morgan fingerprint density at radius 3 is 2.83 bits per heavy atom. The Hall–Kier alpha value is -3.09. The number of aromatic nitrogens is 4. The maximum Gasteiger partial charge on any atom is 0.227 e. The van der Waals surface area contributed by atoms with E-state index in [9.17, 15) is 4.79 Å². The third-order valence-corrected chi connectivity index (χ3v) is 5.36. The molecule has 1 amide bonds. The molecule has 0 N–H and O–H groups in total. The summed E-state index contributed by atoms with van der Waals surface area (Å²) in [6.45, 7) is 6.48. The Morgan fingerprint density at radius 2 is 2.10 bits per heavy atom. The average Bonchev–Trinajstić information content (AvgIpc) is 3.06. The molecule has 3 aromatic rings. The van der Waals surface area contributed by atoms with Crippen LogP contribution in [-0.2, 0) is 11.2 Å². The van der Waals surface area contributed by atoms with Crippen LogP contribution in [0.25, 0.3) is 11.3 Å². The zero-order valence-corrected chi connectivity index (χ0v) is 17.1. The third kappa shape index (κ3) is 4.04. The first-order valence-electron chi connectivity index (χ1n) is 10.00. The van der Waals surface area contributed by atoms with E-state index < -0.39 is 0 Å². The van der Waals surface area contributed by atoms with Crippen molar-refractivity contribution < 1.29 is 9.32 Å². The molecule has 1 atom stereocenters. The van der Waals surface area contributed by atoms with Crippen molar-refractivity contribution in [3.05, 3.63) is 59.1 Å². The molecule has 0 radical (unpaired) electrons. The number of piperidine rings is 1. The molecule has 1 fully saturated rings. The van der Waals surface area contributed by atoms with Crippen LogP contribution in [0.1, 0.15) is 53.8 Å². The summed E-state index contributed by atoms with van der Waals surface area (Å²) in [6, 6.07) is 5.62. The fourth-order valence-electron chi connectivity index (χ4n) is 3.99. The van der Waals surface area contributed by atoms with Gasteiger partial charge in [-0.2, -0.15) is 0 Å². The van der Waals surface area contributed by atoms with Gasteiger partial charge >= 0.3 is 0 Å². The molecule has 29 heavy (non-hydrogen) atoms. The van der Waals surface area contributed by atoms with Crippen molar-refractivity contribution >= 4 is 5.91 Å². The fourth-order valence-corrected chi connectivity index (χ4v) is 3.99. The lowest BCUT2D eigenvalue weighted by Crippen LogP contribution is -2.40. The average molecular weight is 391 g/mol. The van der Waals surface area contributed by atoms with E-state index in [-0.39, 0.29) is 11.9 Å². The van der Waals surface area contributed by atoms with Crippen LogP contribution in [0.2, 0.25) is 0 Å². The molecule has 0 aliphatic carbocycles. The minimum atomic E-state index is -0.118. The Kier molecular flexibility index (Phi) is 5.38. The predicted octanol–water partition coefficient (Wildman–Crippen LogP) is 3.75. The summed E-state index contributed by atoms with van der Waals surface area (Å²) in [5, 5.41) is 4.05. The number of hydrogen-bond donors (Lipinski definition) is 0. The van der Waals surface area contributed by atoms with Gasteiger partial charge in [-0.25, -0.2) is 9.97 Å². The van der Waals surface area contributed by atoms with Crippen LogP contribution in [0.5, 0.6) is 0 Å². The van der Waals surface area contributed by atoms with E-state index in [2.05, 4.69) is 10.1 Å². The van der Waals surface area contributed by atoms with E-state index in [0.29, 0.717) is 12.2 Å². The highest BCUT2D eigenvalue weighted by atomic mass is 16.5. The number of hydrogen-bond acceptors (Lipinski definition) is 6. The maximum atomic E-state index is 13.1. The van der Waals surface area contributed by atoms with Crippen LogP contribution in [0.15, 0.2) is 35.1 Å². The van der Waals surface area contributed by atoms with E-state index in [4.69, 9.17) is 14.5 Å². The fraction of sp³-hybridized carbons (Fsp3) is 0.409. The van der Waals surface area contributed by atoms with Crippen molar-refractivity contribution in [2.75, 3.05) is 6.54 Å². The first kappa shape index (κ1) is 19.2. The number of nitrogens with zero attached hydrogens (tertiary/aromatic N) is 5. The van der Waals surface area contributed by atoms with Gasteiger partial charge in [0.05, 0.1) is 29.4 Å². The van der Waals surface area contributed by atoms with Gasteiger partial charge in [-0.1, -0.05) is 11.2 Å². The van der Waals surface area contributed by atoms with Crippen molar-refractivity contribution in [1.82, 2.24) is 25.0 Å². The first-order chi connectivity index (χ1) is 14.0. The Labute approximate surface area is 170 Å². The number of pyridine rings is 1. The normalized spacial score (nSPS) is 16.8. The second-order valence-corrected chi connectivity index (χ2v) is 7.59. The highest BCUT2D eigenvalue weighted by Crippen LogP contribution is 2.32. The van der Waals surface area contributed by atoms with Gasteiger partial charge in [0.15, 0.2) is 5.82 Å². The van der Waals surface area contributed by atoms with E-state index in [1.165, 1.54) is 0 Å². The molecular weight excluding hydrogens is 366 g/mol. The maximum absolute atomic E-state index is 13.1. The largest absolute Gasteiger partial charge is 0.361 e. The molecule has 150 valence electrons. The summed E-state index contributed by atoms with van der Waals surface area (Å²) >= 11 is 0. The molecule has 0 aromatic carbocycles. The number of carbonyl (C=O) groups excluding carboxylic acids is 1. The minimum absolute atomic E-state index is 0.0895. The molecule has 7 heteroatoms. The van der Waals surface area contributed by atoms with Crippen LogP contribution < -0.4 is 0 Å². The van der Waals surface area contributed by atoms with Gasteiger partial charge in [-0.3, -0.25) is 9.78 Å². The Balaban J connectivity index is 1.66. The lowest BCUT2D eigenvalue weighted by Gasteiger charge is -2.35. The molecule has 0 saturated carbocycles. The van der Waals surface area contributed by atoms with Crippen LogP contribution in [0, 0.1) is 20.8 Å². The predicted molar refractivity (Wildman–Crippen MR) is 108 cm³/mol. The number of likely N-dealkylation sites (tertiary alicyclic amines) is 1. The summed E-state index contributed by atoms with van der Waals surface area (Å²) in [5.74, 6) is 1.52. The lowest BCUT2D eigenvalue weighted by atomic mass is 9.99. The monoisotopic (exact) mass is 391 g/mol. The summed E-state index contributed by atoms with van der Waals surface area (Å²) in [6.07, 6.45) is 6.72. The number of amides is 1. The van der Waals surface area contributed by atoms with Gasteiger partial charge in [-0.05, 0) is 57.7 Å². The molecule has 0 bridgehead atoms. The number of aryl methyl sites for hydroxylation is 3. The Bertz CT molecular complexity index is 996. The SMILES string of the molecule is Cc1cc(-c2c(C)noc2C)nc([C@@H]2CCCCN2C(=O)Cc2cccnc2)n1. The van der Waals surface area contributed by atoms with Crippen molar-refractivity contribution in [3.8, 4) is 11.3 Å². The van der Waals surface area contributed by atoms with Gasteiger partial charge in [0.2, 0.25) is 5.91 Å². The van der Waals surface area contributed by atoms with Crippen LogP contribution in [0.3, 0.4) is 0 Å². The highest BCUT2D eigenvalue weighted by Gasteiger charge is 2.30. The van der Waals surface area contributed by atoms with Gasteiger partial charge in [0, 0.05) is 24.6 Å². The van der Waals surface area contributed by atoms with Crippen LogP contribution in [0.4, 0.5) is 0 Å². The number of rotatable bonds is 4. The molecule has 7 nitrogen and oxygen atoms in total. The first-order valence-corrected chi connectivity index (χ1v) is 10.00. The second-order valence-electron chi connectivity index (χ2n) is 7.59. The standard InChI is InChI=1S/C22H25N5O2/c1-14-11-18(21-15(2)26-29-16(21)3)25-22(24-14)19-8-4-5-10-27(19)20(28)12-17-7-6-9-23-13-17/h6-7,9,11,13,19H,4-5,8,10,12H2,1-3H3/t19-/m0/s1. The molecule has 4 heterocycles. The van der Waals surface area contributed by atoms with Gasteiger partial charge in [0.1, 0.15) is 5.76 Å². The smallest absolute Gasteiger partial charge is 0.227 e. The minimum Gasteiger partial charge on any atom is -0.361 e. The molecule has 1 aliphatic heterocycles. The third-order valence-electron chi connectivity index (χ3n) is 5.36. The molecular formula is C22H25N5O2. The highest BCUT2D eigenvalue weighted by molar-refractivity contribution is 5.79.